The normalized spacial score (nSPS) is 17.1. The van der Waals surface area contributed by atoms with E-state index in [1.807, 2.05) is 0 Å². The van der Waals surface area contributed by atoms with Crippen LogP contribution in [0.25, 0.3) is 0 Å². The van der Waals surface area contributed by atoms with Crippen molar-refractivity contribution in [1.29, 1.82) is 0 Å². The maximum Gasteiger partial charge on any atom is 0.251 e. The summed E-state index contributed by atoms with van der Waals surface area (Å²) in [7, 11) is 0. The Labute approximate surface area is 115 Å². The van der Waals surface area contributed by atoms with Gasteiger partial charge in [0.15, 0.2) is 0 Å². The Balaban J connectivity index is 2.19. The van der Waals surface area contributed by atoms with E-state index in [4.69, 9.17) is 28.9 Å². The number of anilines is 1. The summed E-state index contributed by atoms with van der Waals surface area (Å²) >= 11 is 11.8. The number of rotatable bonds is 3. The number of aliphatic hydroxyl groups is 1. The Bertz CT molecular complexity index is 458. The number of amides is 1. The van der Waals surface area contributed by atoms with E-state index in [1.54, 1.807) is 0 Å². The number of hydrogen-bond donors (Lipinski definition) is 3. The number of benzene rings is 1. The zero-order valence-corrected chi connectivity index (χ0v) is 11.2. The predicted octanol–water partition coefficient (Wildman–Crippen LogP) is 2.22. The summed E-state index contributed by atoms with van der Waals surface area (Å²) in [5, 5.41) is 12.6. The van der Waals surface area contributed by atoms with Crippen LogP contribution in [0.2, 0.25) is 10.0 Å². The third-order valence-electron chi connectivity index (χ3n) is 3.33. The molecule has 0 saturated heterocycles. The third kappa shape index (κ3) is 2.41. The van der Waals surface area contributed by atoms with Gasteiger partial charge in [0.1, 0.15) is 0 Å². The molecule has 98 valence electrons. The van der Waals surface area contributed by atoms with Crippen LogP contribution in [0.1, 0.15) is 29.6 Å². The smallest absolute Gasteiger partial charge is 0.251 e. The van der Waals surface area contributed by atoms with Crippen LogP contribution in [0.4, 0.5) is 5.69 Å². The van der Waals surface area contributed by atoms with Gasteiger partial charge >= 0.3 is 0 Å². The lowest BCUT2D eigenvalue weighted by Crippen LogP contribution is -2.56. The van der Waals surface area contributed by atoms with Crippen LogP contribution in [0.15, 0.2) is 12.1 Å². The minimum atomic E-state index is -0.489. The number of hydrogen-bond acceptors (Lipinski definition) is 3. The van der Waals surface area contributed by atoms with Crippen LogP contribution in [0, 0.1) is 0 Å². The van der Waals surface area contributed by atoms with Gasteiger partial charge in [0.05, 0.1) is 27.9 Å². The van der Waals surface area contributed by atoms with Crippen molar-refractivity contribution in [1.82, 2.24) is 5.32 Å². The molecular weight excluding hydrogens is 275 g/mol. The Morgan fingerprint density at radius 1 is 1.39 bits per heavy atom. The average Bonchev–Trinajstić information content (AvgIpc) is 2.29. The summed E-state index contributed by atoms with van der Waals surface area (Å²) in [6.07, 6.45) is 2.57. The first-order valence-electron chi connectivity index (χ1n) is 5.65. The largest absolute Gasteiger partial charge is 0.396 e. The first-order valence-corrected chi connectivity index (χ1v) is 6.41. The van der Waals surface area contributed by atoms with Gasteiger partial charge in [-0.25, -0.2) is 0 Å². The Hall–Kier alpha value is -0.970. The standard InChI is InChI=1S/C12H14Cl2N2O2/c13-8-4-7(5-9(14)10(8)15)11(18)16-12(6-17)2-1-3-12/h4-5,17H,1-3,6,15H2,(H,16,18). The van der Waals surface area contributed by atoms with Crippen LogP contribution >= 0.6 is 23.2 Å². The van der Waals surface area contributed by atoms with Crippen molar-refractivity contribution >= 4 is 34.8 Å². The van der Waals surface area contributed by atoms with Crippen LogP contribution in [-0.4, -0.2) is 23.2 Å². The van der Waals surface area contributed by atoms with E-state index in [2.05, 4.69) is 5.32 Å². The number of carbonyl (C=O) groups is 1. The van der Waals surface area contributed by atoms with Crippen molar-refractivity contribution in [3.63, 3.8) is 0 Å². The van der Waals surface area contributed by atoms with Gasteiger partial charge in [0.2, 0.25) is 0 Å². The fourth-order valence-corrected chi connectivity index (χ4v) is 2.44. The lowest BCUT2D eigenvalue weighted by Gasteiger charge is -2.41. The number of nitrogens with one attached hydrogen (secondary N) is 1. The third-order valence-corrected chi connectivity index (χ3v) is 3.96. The molecule has 0 heterocycles. The van der Waals surface area contributed by atoms with Crippen molar-refractivity contribution < 1.29 is 9.90 Å². The van der Waals surface area contributed by atoms with E-state index >= 15 is 0 Å². The highest BCUT2D eigenvalue weighted by Crippen LogP contribution is 2.33. The van der Waals surface area contributed by atoms with E-state index < -0.39 is 5.54 Å². The van der Waals surface area contributed by atoms with Crippen molar-refractivity contribution in [2.75, 3.05) is 12.3 Å². The van der Waals surface area contributed by atoms with E-state index in [-0.39, 0.29) is 28.2 Å². The fourth-order valence-electron chi connectivity index (χ4n) is 1.95. The summed E-state index contributed by atoms with van der Waals surface area (Å²) in [4.78, 5) is 12.0. The minimum absolute atomic E-state index is 0.0603. The topological polar surface area (TPSA) is 75.4 Å². The molecule has 4 nitrogen and oxygen atoms in total. The van der Waals surface area contributed by atoms with Crippen molar-refractivity contribution in [3.05, 3.63) is 27.7 Å². The van der Waals surface area contributed by atoms with Gasteiger partial charge in [-0.3, -0.25) is 4.79 Å². The van der Waals surface area contributed by atoms with Crippen molar-refractivity contribution in [3.8, 4) is 0 Å². The highest BCUT2D eigenvalue weighted by Gasteiger charge is 2.37. The van der Waals surface area contributed by atoms with Crippen molar-refractivity contribution in [2.45, 2.75) is 24.8 Å². The van der Waals surface area contributed by atoms with E-state index in [0.717, 1.165) is 19.3 Å². The zero-order valence-electron chi connectivity index (χ0n) is 9.67. The van der Waals surface area contributed by atoms with Gasteiger partial charge in [-0.1, -0.05) is 23.2 Å². The molecule has 0 bridgehead atoms. The van der Waals surface area contributed by atoms with Crippen LogP contribution in [-0.2, 0) is 0 Å². The second-order valence-corrected chi connectivity index (χ2v) is 5.41. The summed E-state index contributed by atoms with van der Waals surface area (Å²) in [6.45, 7) is -0.0603. The van der Waals surface area contributed by atoms with Gasteiger partial charge in [0, 0.05) is 5.56 Å². The van der Waals surface area contributed by atoms with Crippen LogP contribution in [0.3, 0.4) is 0 Å². The molecule has 2 rings (SSSR count). The Kier molecular flexibility index (Phi) is 3.71. The summed E-state index contributed by atoms with van der Waals surface area (Å²) in [5.74, 6) is -0.299. The first-order chi connectivity index (χ1) is 8.47. The lowest BCUT2D eigenvalue weighted by molar-refractivity contribution is 0.0641. The fraction of sp³-hybridized carbons (Fsp3) is 0.417. The second kappa shape index (κ2) is 4.96. The monoisotopic (exact) mass is 288 g/mol. The van der Waals surface area contributed by atoms with Gasteiger partial charge in [-0.05, 0) is 31.4 Å². The molecule has 0 unspecified atom stereocenters. The average molecular weight is 289 g/mol. The van der Waals surface area contributed by atoms with Gasteiger partial charge in [-0.15, -0.1) is 0 Å². The number of halogens is 2. The minimum Gasteiger partial charge on any atom is -0.396 e. The van der Waals surface area contributed by atoms with Gasteiger partial charge < -0.3 is 16.2 Å². The molecule has 0 spiro atoms. The summed E-state index contributed by atoms with van der Waals surface area (Å²) in [6, 6.07) is 2.95. The molecule has 0 atom stereocenters. The Morgan fingerprint density at radius 3 is 2.33 bits per heavy atom. The molecule has 0 radical (unpaired) electrons. The zero-order chi connectivity index (χ0) is 13.3. The molecule has 4 N–H and O–H groups in total. The molecular formula is C12H14Cl2N2O2. The van der Waals surface area contributed by atoms with Crippen molar-refractivity contribution in [2.24, 2.45) is 0 Å². The molecule has 0 aromatic heterocycles. The molecule has 6 heteroatoms. The highest BCUT2D eigenvalue weighted by molar-refractivity contribution is 6.39. The maximum absolute atomic E-state index is 12.0. The molecule has 1 aliphatic rings. The van der Waals surface area contributed by atoms with Crippen LogP contribution in [0.5, 0.6) is 0 Å². The number of nitrogens with two attached hydrogens (primary N) is 1. The molecule has 0 aliphatic heterocycles. The SMILES string of the molecule is Nc1c(Cl)cc(C(=O)NC2(CO)CCC2)cc1Cl. The molecule has 1 aliphatic carbocycles. The maximum atomic E-state index is 12.0. The molecule has 1 aromatic carbocycles. The highest BCUT2D eigenvalue weighted by atomic mass is 35.5. The van der Waals surface area contributed by atoms with E-state index in [9.17, 15) is 9.90 Å². The van der Waals surface area contributed by atoms with Gasteiger partial charge in [-0.2, -0.15) is 0 Å². The quantitative estimate of drug-likeness (QED) is 0.747. The summed E-state index contributed by atoms with van der Waals surface area (Å²) in [5.41, 5.74) is 5.72. The Morgan fingerprint density at radius 2 is 1.94 bits per heavy atom. The molecule has 1 amide bonds. The molecule has 1 saturated carbocycles. The second-order valence-electron chi connectivity index (χ2n) is 4.60. The number of nitrogen functional groups attached to an aromatic ring is 1. The first kappa shape index (κ1) is 13.5. The number of carbonyl (C=O) groups excluding carboxylic acids is 1. The summed E-state index contributed by atoms with van der Waals surface area (Å²) < 4.78 is 0. The lowest BCUT2D eigenvalue weighted by atomic mass is 9.77. The molecule has 1 aromatic rings. The molecule has 18 heavy (non-hydrogen) atoms. The molecule has 1 fully saturated rings. The van der Waals surface area contributed by atoms with Crippen LogP contribution < -0.4 is 11.1 Å². The predicted molar refractivity (Wildman–Crippen MR) is 72.0 cm³/mol. The number of aliphatic hydroxyl groups excluding tert-OH is 1. The van der Waals surface area contributed by atoms with E-state index in [1.165, 1.54) is 12.1 Å². The van der Waals surface area contributed by atoms with E-state index in [0.29, 0.717) is 5.56 Å². The van der Waals surface area contributed by atoms with Gasteiger partial charge in [0.25, 0.3) is 5.91 Å².